The predicted molar refractivity (Wildman–Crippen MR) is 106 cm³/mol. The number of thiazole rings is 1. The van der Waals surface area contributed by atoms with Crippen molar-refractivity contribution < 1.29 is 19.1 Å². The van der Waals surface area contributed by atoms with Crippen LogP contribution in [0.3, 0.4) is 0 Å². The van der Waals surface area contributed by atoms with E-state index in [0.717, 1.165) is 15.1 Å². The molecule has 0 radical (unpaired) electrons. The minimum atomic E-state index is -0.413. The fourth-order valence-electron chi connectivity index (χ4n) is 2.58. The summed E-state index contributed by atoms with van der Waals surface area (Å²) in [5.74, 6) is -0.0689. The summed E-state index contributed by atoms with van der Waals surface area (Å²) in [6.45, 7) is -0.0287. The van der Waals surface area contributed by atoms with Gasteiger partial charge in [-0.3, -0.25) is 9.59 Å². The lowest BCUT2D eigenvalue weighted by Gasteiger charge is -2.05. The summed E-state index contributed by atoms with van der Waals surface area (Å²) in [6.07, 6.45) is 1.91. The molecule has 0 aliphatic heterocycles. The highest BCUT2D eigenvalue weighted by Gasteiger charge is 2.14. The van der Waals surface area contributed by atoms with Gasteiger partial charge in [0.25, 0.3) is 5.91 Å². The summed E-state index contributed by atoms with van der Waals surface area (Å²) in [4.78, 5) is 30.2. The van der Waals surface area contributed by atoms with Crippen LogP contribution in [0.15, 0.2) is 52.4 Å². The fraction of sp³-hybridized carbons (Fsp3) is 0.211. The van der Waals surface area contributed by atoms with Crippen molar-refractivity contribution >= 4 is 45.2 Å². The number of hydrogen-bond donors (Lipinski definition) is 0. The number of thioether (sulfide) groups is 1. The summed E-state index contributed by atoms with van der Waals surface area (Å²) < 4.78 is 12.6. The van der Waals surface area contributed by atoms with Gasteiger partial charge in [0, 0.05) is 4.90 Å². The molecule has 6 nitrogen and oxygen atoms in total. The van der Waals surface area contributed by atoms with Crippen molar-refractivity contribution in [3.63, 3.8) is 0 Å². The first-order valence-electron chi connectivity index (χ1n) is 8.03. The van der Waals surface area contributed by atoms with Crippen LogP contribution in [0.1, 0.15) is 10.4 Å². The lowest BCUT2D eigenvalue weighted by atomic mass is 10.2. The predicted octanol–water partition coefficient (Wildman–Crippen LogP) is 3.35. The second-order valence-electron chi connectivity index (χ2n) is 5.50. The number of aromatic nitrogens is 1. The van der Waals surface area contributed by atoms with Crippen molar-refractivity contribution in [3.8, 4) is 5.75 Å². The van der Waals surface area contributed by atoms with E-state index in [4.69, 9.17) is 9.47 Å². The molecular weight excluding hydrogens is 384 g/mol. The number of carbonyl (C=O) groups excluding carboxylic acids is 2. The SMILES string of the molecule is COC(=O)Cn1c(=NC(=O)c2ccccc2SC)sc2cc(OC)ccc21. The van der Waals surface area contributed by atoms with Gasteiger partial charge in [-0.1, -0.05) is 23.5 Å². The summed E-state index contributed by atoms with van der Waals surface area (Å²) in [6, 6.07) is 12.8. The van der Waals surface area contributed by atoms with Crippen molar-refractivity contribution in [2.24, 2.45) is 4.99 Å². The lowest BCUT2D eigenvalue weighted by Crippen LogP contribution is -2.22. The van der Waals surface area contributed by atoms with E-state index in [0.29, 0.717) is 16.1 Å². The summed E-state index contributed by atoms with van der Waals surface area (Å²) in [5.41, 5.74) is 1.32. The fourth-order valence-corrected chi connectivity index (χ4v) is 4.23. The van der Waals surface area contributed by atoms with E-state index in [2.05, 4.69) is 4.99 Å². The van der Waals surface area contributed by atoms with Crippen molar-refractivity contribution in [2.75, 3.05) is 20.5 Å². The Hall–Kier alpha value is -2.58. The smallest absolute Gasteiger partial charge is 0.325 e. The van der Waals surface area contributed by atoms with E-state index in [1.165, 1.54) is 30.2 Å². The van der Waals surface area contributed by atoms with Crippen molar-refractivity contribution in [2.45, 2.75) is 11.4 Å². The van der Waals surface area contributed by atoms with Crippen molar-refractivity contribution in [1.29, 1.82) is 0 Å². The molecule has 0 saturated carbocycles. The molecule has 0 atom stereocenters. The number of methoxy groups -OCH3 is 2. The van der Waals surface area contributed by atoms with Gasteiger partial charge in [0.15, 0.2) is 4.80 Å². The monoisotopic (exact) mass is 402 g/mol. The Kier molecular flexibility index (Phi) is 5.98. The molecule has 1 amide bonds. The van der Waals surface area contributed by atoms with Gasteiger partial charge in [-0.25, -0.2) is 0 Å². The number of fused-ring (bicyclic) bond motifs is 1. The van der Waals surface area contributed by atoms with Gasteiger partial charge in [-0.15, -0.1) is 11.8 Å². The summed E-state index contributed by atoms with van der Waals surface area (Å²) in [7, 11) is 2.92. The van der Waals surface area contributed by atoms with E-state index in [-0.39, 0.29) is 12.5 Å². The van der Waals surface area contributed by atoms with Crippen LogP contribution >= 0.6 is 23.1 Å². The molecule has 0 spiro atoms. The number of carbonyl (C=O) groups is 2. The molecule has 1 aromatic heterocycles. The maximum atomic E-state index is 12.8. The largest absolute Gasteiger partial charge is 0.497 e. The van der Waals surface area contributed by atoms with Crippen molar-refractivity contribution in [1.82, 2.24) is 4.57 Å². The number of hydrogen-bond acceptors (Lipinski definition) is 6. The van der Waals surface area contributed by atoms with Gasteiger partial charge < -0.3 is 14.0 Å². The maximum Gasteiger partial charge on any atom is 0.325 e. The van der Waals surface area contributed by atoms with Gasteiger partial charge in [-0.05, 0) is 36.6 Å². The third-order valence-corrected chi connectivity index (χ3v) is 5.78. The molecule has 2 aromatic carbocycles. The molecule has 0 saturated heterocycles. The molecule has 3 aromatic rings. The van der Waals surface area contributed by atoms with Crippen LogP contribution in [0.5, 0.6) is 5.75 Å². The molecule has 0 unspecified atom stereocenters. The van der Waals surface area contributed by atoms with Crippen LogP contribution in [0, 0.1) is 0 Å². The zero-order chi connectivity index (χ0) is 19.4. The Bertz CT molecular complexity index is 1070. The molecule has 0 bridgehead atoms. The van der Waals surface area contributed by atoms with E-state index < -0.39 is 5.97 Å². The molecule has 3 rings (SSSR count). The average molecular weight is 402 g/mol. The number of rotatable bonds is 5. The van der Waals surface area contributed by atoms with E-state index in [9.17, 15) is 9.59 Å². The number of ether oxygens (including phenoxy) is 2. The molecular formula is C19H18N2O4S2. The van der Waals surface area contributed by atoms with Crippen LogP contribution in [-0.2, 0) is 16.1 Å². The van der Waals surface area contributed by atoms with Crippen LogP contribution in [0.4, 0.5) is 0 Å². The van der Waals surface area contributed by atoms with Crippen molar-refractivity contribution in [3.05, 3.63) is 52.8 Å². The molecule has 0 N–H and O–H groups in total. The minimum absolute atomic E-state index is 0.0287. The number of amides is 1. The van der Waals surface area contributed by atoms with E-state index in [1.54, 1.807) is 29.9 Å². The van der Waals surface area contributed by atoms with E-state index >= 15 is 0 Å². The Morgan fingerprint density at radius 3 is 2.67 bits per heavy atom. The molecule has 0 aliphatic rings. The molecule has 140 valence electrons. The molecule has 8 heteroatoms. The molecule has 0 fully saturated rings. The lowest BCUT2D eigenvalue weighted by molar-refractivity contribution is -0.141. The quantitative estimate of drug-likeness (QED) is 0.484. The zero-order valence-corrected chi connectivity index (χ0v) is 16.7. The highest BCUT2D eigenvalue weighted by molar-refractivity contribution is 7.98. The normalized spacial score (nSPS) is 11.6. The van der Waals surface area contributed by atoms with Gasteiger partial charge in [0.2, 0.25) is 0 Å². The third-order valence-electron chi connectivity index (χ3n) is 3.94. The topological polar surface area (TPSA) is 69.9 Å². The number of benzene rings is 2. The van der Waals surface area contributed by atoms with Crippen LogP contribution in [0.25, 0.3) is 10.2 Å². The first-order valence-corrected chi connectivity index (χ1v) is 10.1. The second kappa shape index (κ2) is 8.41. The average Bonchev–Trinajstić information content (AvgIpc) is 3.03. The van der Waals surface area contributed by atoms with Crippen LogP contribution in [0.2, 0.25) is 0 Å². The Morgan fingerprint density at radius 2 is 1.96 bits per heavy atom. The van der Waals surface area contributed by atoms with Crippen LogP contribution in [-0.4, -0.2) is 36.9 Å². The number of esters is 1. The second-order valence-corrected chi connectivity index (χ2v) is 7.35. The standard InChI is InChI=1S/C19H18N2O4S2/c1-24-12-8-9-14-16(10-12)27-19(21(14)11-17(22)25-2)20-18(23)13-6-4-5-7-15(13)26-3/h4-10H,11H2,1-3H3. The Balaban J connectivity index is 2.16. The van der Waals surface area contributed by atoms with Crippen LogP contribution < -0.4 is 9.54 Å². The van der Waals surface area contributed by atoms with Gasteiger partial charge >= 0.3 is 5.97 Å². The van der Waals surface area contributed by atoms with E-state index in [1.807, 2.05) is 30.5 Å². The maximum absolute atomic E-state index is 12.8. The van der Waals surface area contributed by atoms with Gasteiger partial charge in [0.05, 0.1) is 30.0 Å². The first-order chi connectivity index (χ1) is 13.1. The number of nitrogens with zero attached hydrogens (tertiary/aromatic N) is 2. The Labute approximate surface area is 164 Å². The minimum Gasteiger partial charge on any atom is -0.497 e. The third kappa shape index (κ3) is 4.06. The highest BCUT2D eigenvalue weighted by Crippen LogP contribution is 2.24. The highest BCUT2D eigenvalue weighted by atomic mass is 32.2. The first kappa shape index (κ1) is 19.2. The van der Waals surface area contributed by atoms with Gasteiger partial charge in [-0.2, -0.15) is 4.99 Å². The summed E-state index contributed by atoms with van der Waals surface area (Å²) >= 11 is 2.81. The zero-order valence-electron chi connectivity index (χ0n) is 15.1. The molecule has 1 heterocycles. The Morgan fingerprint density at radius 1 is 1.19 bits per heavy atom. The summed E-state index contributed by atoms with van der Waals surface area (Å²) in [5, 5.41) is 0. The molecule has 0 aliphatic carbocycles. The molecule has 27 heavy (non-hydrogen) atoms. The van der Waals surface area contributed by atoms with Gasteiger partial charge in [0.1, 0.15) is 12.3 Å².